The maximum atomic E-state index is 13.5. The molecule has 2 aromatic heterocycles. The first-order chi connectivity index (χ1) is 16.9. The Morgan fingerprint density at radius 1 is 0.971 bits per heavy atom. The molecule has 35 heavy (non-hydrogen) atoms. The number of hydrogen-bond donors (Lipinski definition) is 1. The number of aromatic nitrogens is 2. The highest BCUT2D eigenvalue weighted by atomic mass is 32.2. The number of anilines is 1. The molecule has 1 aliphatic rings. The van der Waals surface area contributed by atoms with Crippen molar-refractivity contribution in [2.24, 2.45) is 0 Å². The van der Waals surface area contributed by atoms with Crippen LogP contribution >= 0.6 is 11.3 Å². The van der Waals surface area contributed by atoms with Gasteiger partial charge in [0.1, 0.15) is 11.4 Å². The zero-order chi connectivity index (χ0) is 24.4. The number of para-hydroxylation sites is 1. The second-order valence-electron chi connectivity index (χ2n) is 8.54. The van der Waals surface area contributed by atoms with E-state index < -0.39 is 10.0 Å². The van der Waals surface area contributed by atoms with Gasteiger partial charge in [-0.25, -0.2) is 13.1 Å². The molecule has 1 aliphatic heterocycles. The molecule has 0 aliphatic carbocycles. The maximum Gasteiger partial charge on any atom is 0.274 e. The van der Waals surface area contributed by atoms with Crippen LogP contribution < -0.4 is 5.32 Å². The molecule has 1 saturated heterocycles. The van der Waals surface area contributed by atoms with E-state index in [0.717, 1.165) is 35.4 Å². The molecule has 0 saturated carbocycles. The van der Waals surface area contributed by atoms with Crippen molar-refractivity contribution >= 4 is 33.0 Å². The number of aryl methyl sites for hydroxylation is 1. The standard InChI is InChI=1S/C26H26N4O3S2/c1-19-12-13-21(35(32,33)29-14-6-3-7-15-29)17-22(19)27-26(31)24-18-23(25-11-8-16-34-25)28-30(24)20-9-4-2-5-10-20/h2,4-5,8-13,16-18H,3,6-7,14-15H2,1H3,(H,27,31). The van der Waals surface area contributed by atoms with Gasteiger partial charge in [0.25, 0.3) is 5.91 Å². The van der Waals surface area contributed by atoms with Crippen molar-refractivity contribution in [3.05, 3.63) is 83.4 Å². The highest BCUT2D eigenvalue weighted by Crippen LogP contribution is 2.28. The average molecular weight is 507 g/mol. The first-order valence-electron chi connectivity index (χ1n) is 11.5. The summed E-state index contributed by atoms with van der Waals surface area (Å²) >= 11 is 1.55. The van der Waals surface area contributed by atoms with Gasteiger partial charge >= 0.3 is 0 Å². The fraction of sp³-hybridized carbons (Fsp3) is 0.231. The number of benzene rings is 2. The number of carbonyl (C=O) groups is 1. The molecule has 0 radical (unpaired) electrons. The number of piperidine rings is 1. The van der Waals surface area contributed by atoms with Crippen molar-refractivity contribution in [1.82, 2.24) is 14.1 Å². The van der Waals surface area contributed by atoms with Crippen molar-refractivity contribution in [1.29, 1.82) is 0 Å². The average Bonchev–Trinajstić information content (AvgIpc) is 3.57. The lowest BCUT2D eigenvalue weighted by molar-refractivity contribution is 0.101. The summed E-state index contributed by atoms with van der Waals surface area (Å²) in [4.78, 5) is 14.6. The molecular weight excluding hydrogens is 480 g/mol. The monoisotopic (exact) mass is 506 g/mol. The third kappa shape index (κ3) is 4.80. The summed E-state index contributed by atoms with van der Waals surface area (Å²) in [5.74, 6) is -0.361. The third-order valence-corrected chi connectivity index (χ3v) is 8.91. The van der Waals surface area contributed by atoms with Crippen LogP contribution in [0, 0.1) is 6.92 Å². The Labute approximate surface area is 209 Å². The number of amides is 1. The number of sulfonamides is 1. The van der Waals surface area contributed by atoms with Crippen molar-refractivity contribution in [2.75, 3.05) is 18.4 Å². The van der Waals surface area contributed by atoms with Crippen LogP contribution in [0.2, 0.25) is 0 Å². The summed E-state index contributed by atoms with van der Waals surface area (Å²) in [7, 11) is -3.61. The number of carbonyl (C=O) groups excluding carboxylic acids is 1. The second-order valence-corrected chi connectivity index (χ2v) is 11.4. The van der Waals surface area contributed by atoms with Crippen LogP contribution in [0.25, 0.3) is 16.3 Å². The summed E-state index contributed by atoms with van der Waals surface area (Å²) in [6.07, 6.45) is 2.78. The molecule has 0 bridgehead atoms. The van der Waals surface area contributed by atoms with Crippen LogP contribution in [-0.2, 0) is 10.0 Å². The highest BCUT2D eigenvalue weighted by molar-refractivity contribution is 7.89. The van der Waals surface area contributed by atoms with Crippen LogP contribution in [0.5, 0.6) is 0 Å². The van der Waals surface area contributed by atoms with Gasteiger partial charge in [0.15, 0.2) is 0 Å². The van der Waals surface area contributed by atoms with E-state index in [1.165, 1.54) is 4.31 Å². The predicted octanol–water partition coefficient (Wildman–Crippen LogP) is 5.34. The van der Waals surface area contributed by atoms with E-state index in [-0.39, 0.29) is 10.8 Å². The first kappa shape index (κ1) is 23.5. The van der Waals surface area contributed by atoms with Crippen molar-refractivity contribution in [2.45, 2.75) is 31.1 Å². The Bertz CT molecular complexity index is 1440. The quantitative estimate of drug-likeness (QED) is 0.383. The van der Waals surface area contributed by atoms with Crippen LogP contribution in [-0.4, -0.2) is 41.5 Å². The predicted molar refractivity (Wildman–Crippen MR) is 139 cm³/mol. The fourth-order valence-electron chi connectivity index (χ4n) is 4.19. The lowest BCUT2D eigenvalue weighted by atomic mass is 10.2. The largest absolute Gasteiger partial charge is 0.320 e. The summed E-state index contributed by atoms with van der Waals surface area (Å²) in [5, 5.41) is 9.59. The maximum absolute atomic E-state index is 13.5. The summed E-state index contributed by atoms with van der Waals surface area (Å²) in [6.45, 7) is 2.90. The van der Waals surface area contributed by atoms with Gasteiger partial charge in [-0.3, -0.25) is 4.79 Å². The Morgan fingerprint density at radius 3 is 2.46 bits per heavy atom. The van der Waals surface area contributed by atoms with Crippen LogP contribution in [0.4, 0.5) is 5.69 Å². The highest BCUT2D eigenvalue weighted by Gasteiger charge is 2.27. The minimum Gasteiger partial charge on any atom is -0.320 e. The van der Waals surface area contributed by atoms with Gasteiger partial charge in [0, 0.05) is 18.8 Å². The number of nitrogens with one attached hydrogen (secondary N) is 1. The number of hydrogen-bond acceptors (Lipinski definition) is 5. The smallest absolute Gasteiger partial charge is 0.274 e. The van der Waals surface area contributed by atoms with Crippen LogP contribution in [0.1, 0.15) is 35.3 Å². The topological polar surface area (TPSA) is 84.3 Å². The molecular formula is C26H26N4O3S2. The lowest BCUT2D eigenvalue weighted by Gasteiger charge is -2.26. The number of rotatable bonds is 6. The second kappa shape index (κ2) is 9.77. The third-order valence-electron chi connectivity index (χ3n) is 6.13. The van der Waals surface area contributed by atoms with Crippen LogP contribution in [0.15, 0.2) is 77.0 Å². The molecule has 0 unspecified atom stereocenters. The SMILES string of the molecule is Cc1ccc(S(=O)(=O)N2CCCCC2)cc1NC(=O)c1cc(-c2cccs2)nn1-c1ccccc1. The Kier molecular flexibility index (Phi) is 6.55. The van der Waals surface area contributed by atoms with Crippen molar-refractivity contribution in [3.63, 3.8) is 0 Å². The molecule has 1 N–H and O–H groups in total. The molecule has 7 nitrogen and oxygen atoms in total. The molecule has 4 aromatic rings. The van der Waals surface area contributed by atoms with E-state index in [1.54, 1.807) is 40.3 Å². The Morgan fingerprint density at radius 2 is 1.74 bits per heavy atom. The van der Waals surface area contributed by atoms with Gasteiger partial charge in [-0.05, 0) is 67.1 Å². The van der Waals surface area contributed by atoms with Crippen molar-refractivity contribution in [3.8, 4) is 16.3 Å². The van der Waals surface area contributed by atoms with E-state index in [0.29, 0.717) is 30.2 Å². The van der Waals surface area contributed by atoms with E-state index in [1.807, 2.05) is 54.8 Å². The molecule has 9 heteroatoms. The van der Waals surface area contributed by atoms with Gasteiger partial charge in [-0.15, -0.1) is 11.3 Å². The summed E-state index contributed by atoms with van der Waals surface area (Å²) < 4.78 is 29.5. The zero-order valence-electron chi connectivity index (χ0n) is 19.3. The molecule has 0 spiro atoms. The molecule has 0 atom stereocenters. The normalized spacial score (nSPS) is 14.7. The van der Waals surface area contributed by atoms with E-state index in [2.05, 4.69) is 10.4 Å². The molecule has 2 aromatic carbocycles. The van der Waals surface area contributed by atoms with Gasteiger partial charge in [-0.1, -0.05) is 36.8 Å². The number of nitrogens with zero attached hydrogens (tertiary/aromatic N) is 3. The first-order valence-corrected chi connectivity index (χ1v) is 13.9. The molecule has 180 valence electrons. The minimum atomic E-state index is -3.61. The van der Waals surface area contributed by atoms with Crippen molar-refractivity contribution < 1.29 is 13.2 Å². The molecule has 1 amide bonds. The number of thiophene rings is 1. The van der Waals surface area contributed by atoms with Gasteiger partial charge in [0.05, 0.1) is 15.5 Å². The summed E-state index contributed by atoms with van der Waals surface area (Å²) in [5.41, 5.74) is 3.07. The fourth-order valence-corrected chi connectivity index (χ4v) is 6.42. The van der Waals surface area contributed by atoms with E-state index in [4.69, 9.17) is 0 Å². The molecule has 5 rings (SSSR count). The summed E-state index contributed by atoms with van der Waals surface area (Å²) in [6, 6.07) is 20.0. The Hall–Kier alpha value is -3.27. The van der Waals surface area contributed by atoms with E-state index >= 15 is 0 Å². The zero-order valence-corrected chi connectivity index (χ0v) is 21.0. The minimum absolute atomic E-state index is 0.191. The molecule has 1 fully saturated rings. The van der Waals surface area contributed by atoms with E-state index in [9.17, 15) is 13.2 Å². The van der Waals surface area contributed by atoms with Gasteiger partial charge in [-0.2, -0.15) is 9.40 Å². The van der Waals surface area contributed by atoms with Gasteiger partial charge < -0.3 is 5.32 Å². The lowest BCUT2D eigenvalue weighted by Crippen LogP contribution is -2.35. The molecule has 3 heterocycles. The van der Waals surface area contributed by atoms with Crippen LogP contribution in [0.3, 0.4) is 0 Å². The van der Waals surface area contributed by atoms with Gasteiger partial charge in [0.2, 0.25) is 10.0 Å². The Balaban J connectivity index is 1.49.